The number of benzene rings is 2. The van der Waals surface area contributed by atoms with E-state index >= 15 is 0 Å². The second-order valence-electron chi connectivity index (χ2n) is 7.97. The zero-order chi connectivity index (χ0) is 20.6. The van der Waals surface area contributed by atoms with E-state index in [1.165, 1.54) is 6.07 Å². The van der Waals surface area contributed by atoms with E-state index in [-0.39, 0.29) is 11.7 Å². The maximum atomic E-state index is 14.1. The summed E-state index contributed by atoms with van der Waals surface area (Å²) in [5, 5.41) is 0. The van der Waals surface area contributed by atoms with Gasteiger partial charge in [-0.15, -0.1) is 0 Å². The van der Waals surface area contributed by atoms with Crippen LogP contribution in [0.2, 0.25) is 0 Å². The third-order valence-corrected chi connectivity index (χ3v) is 6.13. The van der Waals surface area contributed by atoms with Crippen LogP contribution in [0.4, 0.5) is 15.8 Å². The molecule has 6 nitrogen and oxygen atoms in total. The minimum absolute atomic E-state index is 0.151. The first-order chi connectivity index (χ1) is 14.7. The predicted molar refractivity (Wildman–Crippen MR) is 112 cm³/mol. The lowest BCUT2D eigenvalue weighted by atomic mass is 10.1. The molecule has 3 aliphatic heterocycles. The van der Waals surface area contributed by atoms with E-state index in [1.807, 2.05) is 36.4 Å². The van der Waals surface area contributed by atoms with Crippen LogP contribution in [0.1, 0.15) is 18.4 Å². The molecule has 0 atom stereocenters. The first-order valence-corrected chi connectivity index (χ1v) is 10.6. The highest BCUT2D eigenvalue weighted by atomic mass is 19.1. The third-order valence-electron chi connectivity index (χ3n) is 6.13. The highest BCUT2D eigenvalue weighted by molar-refractivity contribution is 6.06. The molecule has 1 amide bonds. The predicted octanol–water partition coefficient (Wildman–Crippen LogP) is 2.93. The molecule has 0 N–H and O–H groups in total. The second kappa shape index (κ2) is 7.98. The van der Waals surface area contributed by atoms with Crippen LogP contribution < -0.4 is 9.80 Å². The van der Waals surface area contributed by atoms with Crippen molar-refractivity contribution in [2.24, 2.45) is 0 Å². The van der Waals surface area contributed by atoms with Crippen molar-refractivity contribution in [3.05, 3.63) is 59.9 Å². The Morgan fingerprint density at radius 3 is 2.20 bits per heavy atom. The Morgan fingerprint density at radius 2 is 1.50 bits per heavy atom. The van der Waals surface area contributed by atoms with E-state index in [9.17, 15) is 9.18 Å². The van der Waals surface area contributed by atoms with Gasteiger partial charge in [0.15, 0.2) is 0 Å². The fourth-order valence-electron chi connectivity index (χ4n) is 4.52. The monoisotopic (exact) mass is 411 g/mol. The third kappa shape index (κ3) is 3.27. The lowest BCUT2D eigenvalue weighted by molar-refractivity contribution is -0.223. The number of carbonyl (C=O) groups is 1. The standard InChI is InChI=1S/C23H26FN3O3/c24-19-8-2-4-10-21(19)26-13-11-25(12-14-26)17-27-20-9-3-1-7-18(20)23(22(27)28)29-15-5-6-16-30-23/h1-4,7-10H,5-6,11-17H2. The number of rotatable bonds is 3. The number of piperazine rings is 1. The number of nitrogens with zero attached hydrogens (tertiary/aromatic N) is 3. The summed E-state index contributed by atoms with van der Waals surface area (Å²) >= 11 is 0. The van der Waals surface area contributed by atoms with E-state index < -0.39 is 5.79 Å². The highest BCUT2D eigenvalue weighted by Gasteiger charge is 2.54. The topological polar surface area (TPSA) is 45.3 Å². The van der Waals surface area contributed by atoms with Crippen LogP contribution in [0, 0.1) is 5.82 Å². The number of para-hydroxylation sites is 2. The fraction of sp³-hybridized carbons (Fsp3) is 0.435. The molecule has 3 heterocycles. The van der Waals surface area contributed by atoms with E-state index in [0.29, 0.717) is 38.7 Å². The van der Waals surface area contributed by atoms with E-state index in [1.54, 1.807) is 11.0 Å². The number of carbonyl (C=O) groups excluding carboxylic acids is 1. The van der Waals surface area contributed by atoms with Crippen LogP contribution in [0.3, 0.4) is 0 Å². The summed E-state index contributed by atoms with van der Waals surface area (Å²) in [7, 11) is 0. The van der Waals surface area contributed by atoms with Crippen molar-refractivity contribution < 1.29 is 18.7 Å². The lowest BCUT2D eigenvalue weighted by Gasteiger charge is -2.38. The summed E-state index contributed by atoms with van der Waals surface area (Å²) in [5.74, 6) is -1.66. The fourth-order valence-corrected chi connectivity index (χ4v) is 4.52. The zero-order valence-corrected chi connectivity index (χ0v) is 16.9. The molecule has 2 aromatic carbocycles. The minimum Gasteiger partial charge on any atom is -0.367 e. The Balaban J connectivity index is 1.32. The van der Waals surface area contributed by atoms with Crippen molar-refractivity contribution in [1.82, 2.24) is 4.90 Å². The second-order valence-corrected chi connectivity index (χ2v) is 7.97. The molecule has 0 aromatic heterocycles. The molecule has 1 spiro atoms. The molecule has 0 aliphatic carbocycles. The highest BCUT2D eigenvalue weighted by Crippen LogP contribution is 2.44. The molecule has 2 aromatic rings. The summed E-state index contributed by atoms with van der Waals surface area (Å²) < 4.78 is 26.1. The average Bonchev–Trinajstić information content (AvgIpc) is 2.94. The van der Waals surface area contributed by atoms with Gasteiger partial charge in [-0.1, -0.05) is 30.3 Å². The molecular formula is C23H26FN3O3. The molecule has 158 valence electrons. The van der Waals surface area contributed by atoms with Gasteiger partial charge in [-0.3, -0.25) is 14.6 Å². The normalized spacial score (nSPS) is 21.7. The number of ether oxygens (including phenoxy) is 2. The van der Waals surface area contributed by atoms with Crippen molar-refractivity contribution in [2.75, 3.05) is 55.9 Å². The van der Waals surface area contributed by atoms with Gasteiger partial charge in [0.1, 0.15) is 5.82 Å². The van der Waals surface area contributed by atoms with Crippen molar-refractivity contribution in [2.45, 2.75) is 18.6 Å². The molecule has 30 heavy (non-hydrogen) atoms. The van der Waals surface area contributed by atoms with Gasteiger partial charge in [-0.2, -0.15) is 0 Å². The van der Waals surface area contributed by atoms with Crippen LogP contribution in [-0.2, 0) is 20.1 Å². The summed E-state index contributed by atoms with van der Waals surface area (Å²) in [6.07, 6.45) is 1.77. The molecule has 0 unspecified atom stereocenters. The Kier molecular flexibility index (Phi) is 5.18. The number of amides is 1. The van der Waals surface area contributed by atoms with E-state index in [4.69, 9.17) is 9.47 Å². The van der Waals surface area contributed by atoms with Gasteiger partial charge in [0.25, 0.3) is 11.7 Å². The summed E-state index contributed by atoms with van der Waals surface area (Å²) in [6.45, 7) is 4.40. The Hall–Kier alpha value is -2.48. The van der Waals surface area contributed by atoms with Crippen LogP contribution in [0.5, 0.6) is 0 Å². The van der Waals surface area contributed by atoms with E-state index in [2.05, 4.69) is 9.80 Å². The van der Waals surface area contributed by atoms with Gasteiger partial charge in [-0.25, -0.2) is 4.39 Å². The van der Waals surface area contributed by atoms with Crippen molar-refractivity contribution >= 4 is 17.3 Å². The molecule has 7 heteroatoms. The number of hydrogen-bond donors (Lipinski definition) is 0. The largest absolute Gasteiger partial charge is 0.367 e. The number of anilines is 2. The molecule has 3 aliphatic rings. The Bertz CT molecular complexity index is 921. The van der Waals surface area contributed by atoms with Gasteiger partial charge in [-0.05, 0) is 31.0 Å². The maximum Gasteiger partial charge on any atom is 0.293 e. The van der Waals surface area contributed by atoms with Crippen molar-refractivity contribution in [1.29, 1.82) is 0 Å². The Labute approximate surface area is 175 Å². The molecule has 0 saturated carbocycles. The smallest absolute Gasteiger partial charge is 0.293 e. The molecule has 0 bridgehead atoms. The van der Waals surface area contributed by atoms with Crippen molar-refractivity contribution in [3.63, 3.8) is 0 Å². The van der Waals surface area contributed by atoms with Gasteiger partial charge in [0.05, 0.1) is 31.3 Å². The number of fused-ring (bicyclic) bond motifs is 2. The van der Waals surface area contributed by atoms with Gasteiger partial charge in [0, 0.05) is 31.7 Å². The summed E-state index contributed by atoms with van der Waals surface area (Å²) in [6, 6.07) is 14.6. The van der Waals surface area contributed by atoms with Crippen molar-refractivity contribution in [3.8, 4) is 0 Å². The quantitative estimate of drug-likeness (QED) is 0.777. The number of hydrogen-bond acceptors (Lipinski definition) is 5. The molecular weight excluding hydrogens is 385 g/mol. The molecule has 2 fully saturated rings. The summed E-state index contributed by atoms with van der Waals surface area (Å²) in [5.41, 5.74) is 2.28. The number of halogens is 1. The van der Waals surface area contributed by atoms with Crippen LogP contribution in [0.15, 0.2) is 48.5 Å². The lowest BCUT2D eigenvalue weighted by Crippen LogP contribution is -2.53. The molecule has 5 rings (SSSR count). The van der Waals surface area contributed by atoms with Gasteiger partial charge in [0.2, 0.25) is 0 Å². The molecule has 0 radical (unpaired) electrons. The summed E-state index contributed by atoms with van der Waals surface area (Å²) in [4.78, 5) is 19.5. The van der Waals surface area contributed by atoms with Gasteiger partial charge < -0.3 is 14.4 Å². The maximum absolute atomic E-state index is 14.1. The van der Waals surface area contributed by atoms with Crippen LogP contribution in [0.25, 0.3) is 0 Å². The van der Waals surface area contributed by atoms with Crippen LogP contribution >= 0.6 is 0 Å². The van der Waals surface area contributed by atoms with E-state index in [0.717, 1.165) is 37.2 Å². The first kappa shape index (κ1) is 19.5. The van der Waals surface area contributed by atoms with Crippen LogP contribution in [-0.4, -0.2) is 56.9 Å². The first-order valence-electron chi connectivity index (χ1n) is 10.6. The Morgan fingerprint density at radius 1 is 0.867 bits per heavy atom. The zero-order valence-electron chi connectivity index (χ0n) is 16.9. The SMILES string of the molecule is O=C1N(CN2CCN(c3ccccc3F)CC2)c2ccccc2C12OCCCCO2. The van der Waals surface area contributed by atoms with Gasteiger partial charge >= 0.3 is 0 Å². The minimum atomic E-state index is -1.32. The molecule has 2 saturated heterocycles. The average molecular weight is 411 g/mol.